The van der Waals surface area contributed by atoms with E-state index in [4.69, 9.17) is 16.1 Å². The number of rotatable bonds is 2. The smallest absolute Gasteiger partial charge is 0.276 e. The van der Waals surface area contributed by atoms with Crippen molar-refractivity contribution in [2.24, 2.45) is 0 Å². The van der Waals surface area contributed by atoms with Gasteiger partial charge < -0.3 is 9.84 Å². The molecule has 118 valence electrons. The number of aromatic nitrogens is 3. The van der Waals surface area contributed by atoms with Crippen molar-refractivity contribution in [2.45, 2.75) is 6.04 Å². The van der Waals surface area contributed by atoms with Crippen LogP contribution in [-0.4, -0.2) is 46.7 Å². The van der Waals surface area contributed by atoms with Crippen molar-refractivity contribution in [2.75, 3.05) is 26.7 Å². The van der Waals surface area contributed by atoms with Gasteiger partial charge in [0.15, 0.2) is 5.82 Å². The number of pyridine rings is 1. The van der Waals surface area contributed by atoms with E-state index in [1.165, 1.54) is 0 Å². The van der Waals surface area contributed by atoms with Crippen LogP contribution in [0, 0.1) is 0 Å². The lowest BCUT2D eigenvalue weighted by molar-refractivity contribution is 0.190. The van der Waals surface area contributed by atoms with E-state index >= 15 is 0 Å². The molecule has 0 saturated carbocycles. The third-order valence-corrected chi connectivity index (χ3v) is 4.36. The van der Waals surface area contributed by atoms with Crippen LogP contribution in [0.3, 0.4) is 0 Å². The van der Waals surface area contributed by atoms with Crippen LogP contribution in [0.4, 0.5) is 0 Å². The van der Waals surface area contributed by atoms with Gasteiger partial charge in [0, 0.05) is 30.0 Å². The molecule has 7 heteroatoms. The Labute approximate surface area is 138 Å². The van der Waals surface area contributed by atoms with Crippen LogP contribution in [0.2, 0.25) is 5.02 Å². The number of fused-ring (bicyclic) bond motifs is 1. The molecule has 1 aliphatic heterocycles. The summed E-state index contributed by atoms with van der Waals surface area (Å²) >= 11 is 6.03. The third kappa shape index (κ3) is 2.81. The van der Waals surface area contributed by atoms with Crippen LogP contribution >= 0.6 is 11.6 Å². The van der Waals surface area contributed by atoms with Crippen LogP contribution in [0.1, 0.15) is 11.9 Å². The number of halogens is 1. The van der Waals surface area contributed by atoms with E-state index in [0.29, 0.717) is 22.4 Å². The van der Waals surface area contributed by atoms with Crippen molar-refractivity contribution in [1.29, 1.82) is 0 Å². The van der Waals surface area contributed by atoms with Crippen molar-refractivity contribution in [3.8, 4) is 11.6 Å². The number of likely N-dealkylation sites (N-methyl/N-ethyl adjacent to an activating group) is 1. The molecule has 0 radical (unpaired) electrons. The summed E-state index contributed by atoms with van der Waals surface area (Å²) in [6.45, 7) is 2.75. The zero-order valence-corrected chi connectivity index (χ0v) is 13.4. The second kappa shape index (κ2) is 5.88. The van der Waals surface area contributed by atoms with E-state index < -0.39 is 0 Å². The summed E-state index contributed by atoms with van der Waals surface area (Å²) in [6, 6.07) is 9.60. The van der Waals surface area contributed by atoms with Crippen molar-refractivity contribution >= 4 is 22.5 Å². The molecule has 1 unspecified atom stereocenters. The van der Waals surface area contributed by atoms with Gasteiger partial charge in [-0.3, -0.25) is 4.90 Å². The summed E-state index contributed by atoms with van der Waals surface area (Å²) in [4.78, 5) is 11.3. The van der Waals surface area contributed by atoms with Crippen molar-refractivity contribution in [3.05, 3.63) is 41.2 Å². The summed E-state index contributed by atoms with van der Waals surface area (Å²) in [6.07, 6.45) is 0. The minimum atomic E-state index is 0.121. The quantitative estimate of drug-likeness (QED) is 0.779. The highest BCUT2D eigenvalue weighted by Gasteiger charge is 2.25. The van der Waals surface area contributed by atoms with Crippen molar-refractivity contribution in [1.82, 2.24) is 25.3 Å². The molecular weight excluding hydrogens is 314 g/mol. The number of benzene rings is 1. The SMILES string of the molecule is CN1CCNCC1c1noc(-c2ccc3ccc(Cl)cc3n2)n1. The van der Waals surface area contributed by atoms with Gasteiger partial charge in [-0.25, -0.2) is 4.98 Å². The van der Waals surface area contributed by atoms with Gasteiger partial charge in [0.25, 0.3) is 5.89 Å². The Balaban J connectivity index is 1.68. The van der Waals surface area contributed by atoms with E-state index in [0.717, 1.165) is 30.5 Å². The second-order valence-corrected chi connectivity index (χ2v) is 6.13. The molecule has 2 aromatic heterocycles. The Kier molecular flexibility index (Phi) is 3.72. The summed E-state index contributed by atoms with van der Waals surface area (Å²) in [5, 5.41) is 9.16. The van der Waals surface area contributed by atoms with E-state index in [9.17, 15) is 0 Å². The van der Waals surface area contributed by atoms with E-state index in [-0.39, 0.29) is 6.04 Å². The summed E-state index contributed by atoms with van der Waals surface area (Å²) in [7, 11) is 2.07. The van der Waals surface area contributed by atoms with Crippen LogP contribution < -0.4 is 5.32 Å². The Morgan fingerprint density at radius 2 is 2.13 bits per heavy atom. The molecule has 1 N–H and O–H groups in total. The second-order valence-electron chi connectivity index (χ2n) is 5.69. The highest BCUT2D eigenvalue weighted by molar-refractivity contribution is 6.31. The Morgan fingerprint density at radius 3 is 3.00 bits per heavy atom. The fraction of sp³-hybridized carbons (Fsp3) is 0.312. The number of hydrogen-bond acceptors (Lipinski definition) is 6. The average Bonchev–Trinajstić information content (AvgIpc) is 3.04. The van der Waals surface area contributed by atoms with Crippen LogP contribution in [-0.2, 0) is 0 Å². The predicted molar refractivity (Wildman–Crippen MR) is 88.3 cm³/mol. The summed E-state index contributed by atoms with van der Waals surface area (Å²) in [5.41, 5.74) is 1.47. The van der Waals surface area contributed by atoms with Crippen LogP contribution in [0.5, 0.6) is 0 Å². The molecule has 3 aromatic rings. The van der Waals surface area contributed by atoms with Crippen molar-refractivity contribution < 1.29 is 4.52 Å². The lowest BCUT2D eigenvalue weighted by atomic mass is 10.2. The zero-order valence-electron chi connectivity index (χ0n) is 12.7. The normalized spacial score (nSPS) is 19.3. The highest BCUT2D eigenvalue weighted by atomic mass is 35.5. The first kappa shape index (κ1) is 14.6. The third-order valence-electron chi connectivity index (χ3n) is 4.12. The highest BCUT2D eigenvalue weighted by Crippen LogP contribution is 2.24. The Bertz CT molecular complexity index is 849. The lowest BCUT2D eigenvalue weighted by Gasteiger charge is -2.30. The summed E-state index contributed by atoms with van der Waals surface area (Å²) < 4.78 is 5.42. The molecule has 1 aromatic carbocycles. The topological polar surface area (TPSA) is 67.1 Å². The standard InChI is InChI=1S/C16H16ClN5O/c1-22-7-6-18-9-14(22)15-20-16(23-21-15)12-5-3-10-2-4-11(17)8-13(10)19-12/h2-5,8,14,18H,6-7,9H2,1H3. The van der Waals surface area contributed by atoms with Crippen LogP contribution in [0.15, 0.2) is 34.9 Å². The molecule has 6 nitrogen and oxygen atoms in total. The maximum Gasteiger partial charge on any atom is 0.276 e. The average molecular weight is 330 g/mol. The zero-order chi connectivity index (χ0) is 15.8. The van der Waals surface area contributed by atoms with E-state index in [1.807, 2.05) is 30.3 Å². The first-order valence-electron chi connectivity index (χ1n) is 7.52. The molecule has 1 atom stereocenters. The monoisotopic (exact) mass is 329 g/mol. The molecule has 0 amide bonds. The first-order valence-corrected chi connectivity index (χ1v) is 7.90. The molecule has 3 heterocycles. The fourth-order valence-electron chi connectivity index (χ4n) is 2.78. The first-order chi connectivity index (χ1) is 11.2. The van der Waals surface area contributed by atoms with Gasteiger partial charge >= 0.3 is 0 Å². The minimum absolute atomic E-state index is 0.121. The Morgan fingerprint density at radius 1 is 1.26 bits per heavy atom. The molecule has 0 bridgehead atoms. The van der Waals surface area contributed by atoms with Crippen LogP contribution in [0.25, 0.3) is 22.5 Å². The largest absolute Gasteiger partial charge is 0.332 e. The number of nitrogens with zero attached hydrogens (tertiary/aromatic N) is 4. The molecule has 1 aliphatic rings. The Hall–Kier alpha value is -2.02. The molecule has 0 aliphatic carbocycles. The maximum absolute atomic E-state index is 6.03. The number of nitrogens with one attached hydrogen (secondary N) is 1. The molecule has 1 saturated heterocycles. The van der Waals surface area contributed by atoms with Gasteiger partial charge in [0.1, 0.15) is 5.69 Å². The minimum Gasteiger partial charge on any atom is -0.332 e. The van der Waals surface area contributed by atoms with Gasteiger partial charge in [-0.2, -0.15) is 4.98 Å². The number of piperazine rings is 1. The molecule has 1 fully saturated rings. The van der Waals surface area contributed by atoms with Gasteiger partial charge in [0.05, 0.1) is 11.6 Å². The van der Waals surface area contributed by atoms with Gasteiger partial charge in [-0.05, 0) is 25.2 Å². The van der Waals surface area contributed by atoms with Gasteiger partial charge in [0.2, 0.25) is 0 Å². The van der Waals surface area contributed by atoms with E-state index in [2.05, 4.69) is 32.4 Å². The van der Waals surface area contributed by atoms with Gasteiger partial charge in [-0.15, -0.1) is 0 Å². The summed E-state index contributed by atoms with van der Waals surface area (Å²) in [5.74, 6) is 1.11. The molecule has 4 rings (SSSR count). The molecular formula is C16H16ClN5O. The fourth-order valence-corrected chi connectivity index (χ4v) is 2.94. The molecule has 0 spiro atoms. The predicted octanol–water partition coefficient (Wildman–Crippen LogP) is 2.51. The lowest BCUT2D eigenvalue weighted by Crippen LogP contribution is -2.44. The maximum atomic E-state index is 6.03. The molecule has 23 heavy (non-hydrogen) atoms. The van der Waals surface area contributed by atoms with Gasteiger partial charge in [-0.1, -0.05) is 28.9 Å². The number of hydrogen-bond donors (Lipinski definition) is 1. The van der Waals surface area contributed by atoms with Crippen molar-refractivity contribution in [3.63, 3.8) is 0 Å². The van der Waals surface area contributed by atoms with E-state index in [1.54, 1.807) is 0 Å².